The van der Waals surface area contributed by atoms with Crippen molar-refractivity contribution >= 4 is 41.4 Å². The molecule has 2 aromatic carbocycles. The van der Waals surface area contributed by atoms with Crippen LogP contribution in [0.1, 0.15) is 121 Å². The minimum atomic E-state index is -2.92. The van der Waals surface area contributed by atoms with E-state index in [9.17, 15) is 29.4 Å². The lowest BCUT2D eigenvalue weighted by Crippen LogP contribution is -2.46. The molecule has 0 aliphatic carbocycles. The molecule has 0 aromatic heterocycles. The molecule has 16 heteroatoms. The lowest BCUT2D eigenvalue weighted by molar-refractivity contribution is 0.0681. The Morgan fingerprint density at radius 3 is 1.25 bits per heavy atom. The third kappa shape index (κ3) is 12.8. The van der Waals surface area contributed by atoms with E-state index in [-0.39, 0.29) is 35.3 Å². The van der Waals surface area contributed by atoms with Crippen LogP contribution in [0, 0.1) is 0 Å². The number of aromatic carboxylic acids is 2. The van der Waals surface area contributed by atoms with Crippen molar-refractivity contribution in [2.24, 2.45) is 0 Å². The van der Waals surface area contributed by atoms with Crippen LogP contribution in [0.2, 0.25) is 12.1 Å². The molecule has 0 heterocycles. The number of carbonyl (C=O) groups is 4. The van der Waals surface area contributed by atoms with Gasteiger partial charge in [0.05, 0.1) is 22.3 Å². The minimum absolute atomic E-state index is 0.00800. The quantitative estimate of drug-likeness (QED) is 0.0671. The Kier molecular flexibility index (Phi) is 19.0. The predicted molar refractivity (Wildman–Crippen MR) is 204 cm³/mol. The van der Waals surface area contributed by atoms with E-state index in [1.165, 1.54) is 24.3 Å². The van der Waals surface area contributed by atoms with Gasteiger partial charge in [-0.1, -0.05) is 26.0 Å². The first-order valence-corrected chi connectivity index (χ1v) is 22.2. The van der Waals surface area contributed by atoms with Crippen molar-refractivity contribution in [1.82, 2.24) is 10.6 Å². The fourth-order valence-electron chi connectivity index (χ4n) is 5.99. The number of rotatable bonds is 26. The minimum Gasteiger partial charge on any atom is -0.478 e. The summed E-state index contributed by atoms with van der Waals surface area (Å²) in [5, 5.41) is 25.6. The Labute approximate surface area is 315 Å². The van der Waals surface area contributed by atoms with E-state index in [0.717, 1.165) is 0 Å². The van der Waals surface area contributed by atoms with E-state index in [1.807, 2.05) is 55.4 Å². The molecule has 0 spiro atoms. The molecule has 0 aliphatic rings. The zero-order valence-electron chi connectivity index (χ0n) is 32.4. The Morgan fingerprint density at radius 2 is 0.887 bits per heavy atom. The van der Waals surface area contributed by atoms with Crippen LogP contribution in [0.15, 0.2) is 36.4 Å². The van der Waals surface area contributed by atoms with Gasteiger partial charge in [-0.2, -0.15) is 0 Å². The molecule has 0 unspecified atom stereocenters. The molecule has 4 N–H and O–H groups in total. The molecule has 2 rings (SSSR count). The van der Waals surface area contributed by atoms with Gasteiger partial charge in [-0.15, -0.1) is 0 Å². The Morgan fingerprint density at radius 1 is 0.547 bits per heavy atom. The number of amides is 2. The molecular weight excluding hydrogens is 721 g/mol. The van der Waals surface area contributed by atoms with Gasteiger partial charge in [-0.3, -0.25) is 9.59 Å². The average Bonchev–Trinajstić information content (AvgIpc) is 3.11. The maximum absolute atomic E-state index is 13.4. The largest absolute Gasteiger partial charge is 0.500 e. The average molecular weight is 779 g/mol. The number of benzene rings is 2. The lowest BCUT2D eigenvalue weighted by atomic mass is 9.76. The van der Waals surface area contributed by atoms with Crippen LogP contribution in [0.25, 0.3) is 0 Å². The molecule has 53 heavy (non-hydrogen) atoms. The van der Waals surface area contributed by atoms with E-state index in [4.69, 9.17) is 26.6 Å². The van der Waals surface area contributed by atoms with Crippen molar-refractivity contribution in [2.75, 3.05) is 52.7 Å². The molecule has 0 fully saturated rings. The van der Waals surface area contributed by atoms with E-state index < -0.39 is 46.8 Å². The van der Waals surface area contributed by atoms with Gasteiger partial charge in [0.15, 0.2) is 0 Å². The Balaban J connectivity index is 2.28. The summed E-state index contributed by atoms with van der Waals surface area (Å²) in [7, 11) is -5.82. The van der Waals surface area contributed by atoms with Gasteiger partial charge in [-0.25, -0.2) is 9.59 Å². The van der Waals surface area contributed by atoms with Crippen molar-refractivity contribution in [3.63, 3.8) is 0 Å². The molecule has 0 aliphatic heterocycles. The van der Waals surface area contributed by atoms with Crippen molar-refractivity contribution in [2.45, 2.75) is 85.7 Å². The second-order valence-electron chi connectivity index (χ2n) is 12.4. The summed E-state index contributed by atoms with van der Waals surface area (Å²) in [4.78, 5) is 51.2. The molecule has 0 bridgehead atoms. The van der Waals surface area contributed by atoms with Crippen molar-refractivity contribution in [1.29, 1.82) is 0 Å². The smallest absolute Gasteiger partial charge is 0.478 e. The fraction of sp³-hybridized carbons (Fsp3) is 0.568. The second kappa shape index (κ2) is 22.0. The molecule has 0 saturated carbocycles. The first-order valence-electron chi connectivity index (χ1n) is 18.4. The van der Waals surface area contributed by atoms with Gasteiger partial charge in [0.25, 0.3) is 11.8 Å². The summed E-state index contributed by atoms with van der Waals surface area (Å²) in [6.07, 6.45) is 0.990. The first kappa shape index (κ1) is 45.7. The molecule has 2 aromatic rings. The van der Waals surface area contributed by atoms with Crippen molar-refractivity contribution in [3.8, 4) is 0 Å². The normalized spacial score (nSPS) is 12.1. The highest BCUT2D eigenvalue weighted by atomic mass is 28.4. The van der Waals surface area contributed by atoms with E-state index in [1.54, 1.807) is 12.1 Å². The molecular formula is C37H58N2O12Si2. The predicted octanol–water partition coefficient (Wildman–Crippen LogP) is 5.75. The monoisotopic (exact) mass is 778 g/mol. The molecule has 0 saturated heterocycles. The highest BCUT2D eigenvalue weighted by Gasteiger charge is 2.40. The second-order valence-corrected chi connectivity index (χ2v) is 17.9. The molecule has 14 nitrogen and oxygen atoms in total. The van der Waals surface area contributed by atoms with Gasteiger partial charge in [-0.05, 0) is 89.8 Å². The summed E-state index contributed by atoms with van der Waals surface area (Å²) in [5.41, 5.74) is -0.189. The molecule has 0 radical (unpaired) electrons. The van der Waals surface area contributed by atoms with Gasteiger partial charge in [0, 0.05) is 70.2 Å². The van der Waals surface area contributed by atoms with Crippen LogP contribution in [0.5, 0.6) is 0 Å². The molecule has 2 amide bonds. The first-order chi connectivity index (χ1) is 25.2. The highest BCUT2D eigenvalue weighted by Crippen LogP contribution is 2.34. The van der Waals surface area contributed by atoms with Crippen LogP contribution in [-0.2, 0) is 32.0 Å². The van der Waals surface area contributed by atoms with Gasteiger partial charge in [0.2, 0.25) is 0 Å². The van der Waals surface area contributed by atoms with Crippen molar-refractivity contribution < 1.29 is 55.9 Å². The summed E-state index contributed by atoms with van der Waals surface area (Å²) in [5.74, 6) is -3.66. The number of carbonyl (C=O) groups excluding carboxylic acids is 2. The highest BCUT2D eigenvalue weighted by molar-refractivity contribution is 6.61. The number of hydrogen-bond acceptors (Lipinski definition) is 10. The topological polar surface area (TPSA) is 188 Å². The van der Waals surface area contributed by atoms with E-state index >= 15 is 0 Å². The Bertz CT molecular complexity index is 1490. The van der Waals surface area contributed by atoms with Crippen LogP contribution in [0.4, 0.5) is 0 Å². The summed E-state index contributed by atoms with van der Waals surface area (Å²) in [6, 6.07) is 9.99. The number of carboxylic acid groups (broad SMARTS) is 2. The van der Waals surface area contributed by atoms with Gasteiger partial charge >= 0.3 is 29.5 Å². The van der Waals surface area contributed by atoms with Crippen LogP contribution >= 0.6 is 0 Å². The lowest BCUT2D eigenvalue weighted by Gasteiger charge is -2.28. The third-order valence-electron chi connectivity index (χ3n) is 8.51. The fourth-order valence-corrected chi connectivity index (χ4v) is 11.2. The summed E-state index contributed by atoms with van der Waals surface area (Å²) >= 11 is 0. The van der Waals surface area contributed by atoms with Crippen LogP contribution in [0.3, 0.4) is 0 Å². The van der Waals surface area contributed by atoms with Crippen molar-refractivity contribution in [3.05, 3.63) is 69.8 Å². The Hall–Kier alpha value is -3.49. The molecule has 296 valence electrons. The molecule has 0 atom stereocenters. The van der Waals surface area contributed by atoms with Gasteiger partial charge < -0.3 is 47.4 Å². The van der Waals surface area contributed by atoms with Crippen LogP contribution < -0.4 is 10.6 Å². The maximum Gasteiger partial charge on any atom is 0.500 e. The summed E-state index contributed by atoms with van der Waals surface area (Å²) < 4.78 is 35.3. The van der Waals surface area contributed by atoms with E-state index in [2.05, 4.69) is 10.6 Å². The zero-order valence-corrected chi connectivity index (χ0v) is 34.4. The van der Waals surface area contributed by atoms with Crippen LogP contribution in [-0.4, -0.2) is 104 Å². The maximum atomic E-state index is 13.4. The van der Waals surface area contributed by atoms with Gasteiger partial charge in [0.1, 0.15) is 0 Å². The summed E-state index contributed by atoms with van der Waals surface area (Å²) in [6.45, 7) is 17.9. The van der Waals surface area contributed by atoms with E-state index in [0.29, 0.717) is 75.7 Å². The SMILES string of the molecule is CCO[Si](CCCNC(=O)c1ccc(C(C)(C)c2ccc(C(=O)O)c(C(=O)NCCC[Si](OCC)(OCC)OCC)c2)cc1C(=O)O)(OCC)OCC. The number of hydrogen-bond donors (Lipinski definition) is 4. The third-order valence-corrected chi connectivity index (χ3v) is 14.8. The number of nitrogens with one attached hydrogen (secondary N) is 2. The zero-order chi connectivity index (χ0) is 39.7. The standard InChI is InChI=1S/C37H58N2O12Si2/c1-9-46-52(47-10-2,48-11-3)23-15-21-38-33(40)29-19-17-28(26-32(29)36(44)45)37(7,8)27-18-20-30(35(42)43)31(25-27)34(41)39-22-16-24-53(49-12-4,50-13-5)51-14-6/h17-20,25-26H,9-16,21-24H2,1-8H3,(H,38,40)(H,39,41)(H,42,43)(H,44,45). The number of carboxylic acids is 2.